The van der Waals surface area contributed by atoms with Crippen molar-refractivity contribution in [3.05, 3.63) is 53.3 Å². The van der Waals surface area contributed by atoms with Crippen LogP contribution in [0.5, 0.6) is 5.75 Å². The summed E-state index contributed by atoms with van der Waals surface area (Å²) in [7, 11) is 3.67. The lowest BCUT2D eigenvalue weighted by molar-refractivity contribution is 0.281. The Morgan fingerprint density at radius 1 is 1.25 bits per heavy atom. The molecule has 1 heterocycles. The van der Waals surface area contributed by atoms with Gasteiger partial charge in [-0.2, -0.15) is 0 Å². The van der Waals surface area contributed by atoms with Crippen LogP contribution in [0, 0.1) is 6.92 Å². The second-order valence-electron chi connectivity index (χ2n) is 4.82. The first kappa shape index (κ1) is 14.3. The van der Waals surface area contributed by atoms with Crippen molar-refractivity contribution < 1.29 is 9.84 Å². The van der Waals surface area contributed by atoms with Gasteiger partial charge in [0.15, 0.2) is 0 Å². The Kier molecular flexibility index (Phi) is 4.58. The lowest BCUT2D eigenvalue weighted by Crippen LogP contribution is -2.18. The third-order valence-corrected chi connectivity index (χ3v) is 3.26. The zero-order chi connectivity index (χ0) is 14.5. The molecule has 0 saturated heterocycles. The highest BCUT2D eigenvalue weighted by Crippen LogP contribution is 2.22. The Bertz CT molecular complexity index is 567. The SMILES string of the molecule is COc1ccc(CN(C)c2cc(C)ncc2CO)cc1. The second kappa shape index (κ2) is 6.39. The molecule has 1 aromatic carbocycles. The molecule has 0 aliphatic heterocycles. The Morgan fingerprint density at radius 3 is 2.55 bits per heavy atom. The maximum atomic E-state index is 9.41. The molecule has 2 aromatic rings. The van der Waals surface area contributed by atoms with E-state index in [9.17, 15) is 5.11 Å². The van der Waals surface area contributed by atoms with Gasteiger partial charge in [0.1, 0.15) is 5.75 Å². The molecule has 0 unspecified atom stereocenters. The number of pyridine rings is 1. The minimum atomic E-state index is -0.00440. The van der Waals surface area contributed by atoms with E-state index >= 15 is 0 Å². The van der Waals surface area contributed by atoms with Crippen molar-refractivity contribution in [1.82, 2.24) is 4.98 Å². The van der Waals surface area contributed by atoms with Crippen molar-refractivity contribution >= 4 is 5.69 Å². The molecule has 0 bridgehead atoms. The van der Waals surface area contributed by atoms with E-state index in [4.69, 9.17) is 4.74 Å². The minimum absolute atomic E-state index is 0.00440. The monoisotopic (exact) mass is 272 g/mol. The van der Waals surface area contributed by atoms with Crippen LogP contribution in [0.4, 0.5) is 5.69 Å². The van der Waals surface area contributed by atoms with Gasteiger partial charge >= 0.3 is 0 Å². The van der Waals surface area contributed by atoms with Gasteiger partial charge in [-0.05, 0) is 30.7 Å². The number of hydrogen-bond acceptors (Lipinski definition) is 4. The summed E-state index contributed by atoms with van der Waals surface area (Å²) in [4.78, 5) is 6.33. The molecule has 0 aliphatic carbocycles. The molecular formula is C16H20N2O2. The summed E-state index contributed by atoms with van der Waals surface area (Å²) in [6, 6.07) is 9.99. The van der Waals surface area contributed by atoms with Crippen LogP contribution in [-0.4, -0.2) is 24.2 Å². The predicted molar refractivity (Wildman–Crippen MR) is 80.0 cm³/mol. The first-order valence-corrected chi connectivity index (χ1v) is 6.54. The fourth-order valence-electron chi connectivity index (χ4n) is 2.14. The van der Waals surface area contributed by atoms with Gasteiger partial charge in [0.25, 0.3) is 0 Å². The number of aliphatic hydroxyl groups excluding tert-OH is 1. The summed E-state index contributed by atoms with van der Waals surface area (Å²) in [6.45, 7) is 2.71. The first-order valence-electron chi connectivity index (χ1n) is 6.54. The Balaban J connectivity index is 2.18. The maximum absolute atomic E-state index is 9.41. The third kappa shape index (κ3) is 3.27. The summed E-state index contributed by atoms with van der Waals surface area (Å²) in [5, 5.41) is 9.41. The Morgan fingerprint density at radius 2 is 1.95 bits per heavy atom. The number of aliphatic hydroxyl groups is 1. The zero-order valence-electron chi connectivity index (χ0n) is 12.1. The summed E-state index contributed by atoms with van der Waals surface area (Å²) in [5.74, 6) is 0.854. The van der Waals surface area contributed by atoms with Crippen LogP contribution in [0.1, 0.15) is 16.8 Å². The van der Waals surface area contributed by atoms with Crippen LogP contribution >= 0.6 is 0 Å². The molecule has 0 atom stereocenters. The predicted octanol–water partition coefficient (Wildman–Crippen LogP) is 2.53. The van der Waals surface area contributed by atoms with Gasteiger partial charge in [-0.3, -0.25) is 4.98 Å². The third-order valence-electron chi connectivity index (χ3n) is 3.26. The van der Waals surface area contributed by atoms with Gasteiger partial charge in [0, 0.05) is 36.7 Å². The molecule has 1 N–H and O–H groups in total. The summed E-state index contributed by atoms with van der Waals surface area (Å²) < 4.78 is 5.16. The van der Waals surface area contributed by atoms with E-state index in [2.05, 4.69) is 9.88 Å². The van der Waals surface area contributed by atoms with Crippen LogP contribution in [0.25, 0.3) is 0 Å². The number of hydrogen-bond donors (Lipinski definition) is 1. The van der Waals surface area contributed by atoms with Gasteiger partial charge in [0.2, 0.25) is 0 Å². The maximum Gasteiger partial charge on any atom is 0.118 e. The lowest BCUT2D eigenvalue weighted by Gasteiger charge is -2.22. The zero-order valence-corrected chi connectivity index (χ0v) is 12.1. The van der Waals surface area contributed by atoms with Crippen LogP contribution in [-0.2, 0) is 13.2 Å². The first-order chi connectivity index (χ1) is 9.63. The molecule has 106 valence electrons. The van der Waals surface area contributed by atoms with Gasteiger partial charge in [-0.25, -0.2) is 0 Å². The second-order valence-corrected chi connectivity index (χ2v) is 4.82. The summed E-state index contributed by atoms with van der Waals surface area (Å²) in [6.07, 6.45) is 1.73. The van der Waals surface area contributed by atoms with E-state index in [1.54, 1.807) is 13.3 Å². The average molecular weight is 272 g/mol. The van der Waals surface area contributed by atoms with Crippen molar-refractivity contribution in [1.29, 1.82) is 0 Å². The van der Waals surface area contributed by atoms with E-state index in [1.807, 2.05) is 44.3 Å². The number of ether oxygens (including phenoxy) is 1. The van der Waals surface area contributed by atoms with Crippen LogP contribution in [0.15, 0.2) is 36.5 Å². The Labute approximate surface area is 119 Å². The number of aromatic nitrogens is 1. The summed E-state index contributed by atoms with van der Waals surface area (Å²) >= 11 is 0. The molecule has 0 fully saturated rings. The van der Waals surface area contributed by atoms with E-state index < -0.39 is 0 Å². The fraction of sp³-hybridized carbons (Fsp3) is 0.312. The fourth-order valence-corrected chi connectivity index (χ4v) is 2.14. The normalized spacial score (nSPS) is 10.4. The molecule has 4 heteroatoms. The van der Waals surface area contributed by atoms with Gasteiger partial charge < -0.3 is 14.7 Å². The van der Waals surface area contributed by atoms with Crippen molar-refractivity contribution in [2.45, 2.75) is 20.1 Å². The van der Waals surface area contributed by atoms with Crippen molar-refractivity contribution in [2.24, 2.45) is 0 Å². The lowest BCUT2D eigenvalue weighted by atomic mass is 10.1. The molecule has 1 aromatic heterocycles. The largest absolute Gasteiger partial charge is 0.497 e. The van der Waals surface area contributed by atoms with Crippen molar-refractivity contribution in [3.8, 4) is 5.75 Å². The molecule has 0 spiro atoms. The van der Waals surface area contributed by atoms with Crippen molar-refractivity contribution in [3.63, 3.8) is 0 Å². The number of anilines is 1. The number of methoxy groups -OCH3 is 1. The van der Waals surface area contributed by atoms with E-state index in [0.717, 1.165) is 29.2 Å². The molecule has 0 radical (unpaired) electrons. The highest BCUT2D eigenvalue weighted by Gasteiger charge is 2.08. The van der Waals surface area contributed by atoms with Crippen LogP contribution in [0.2, 0.25) is 0 Å². The van der Waals surface area contributed by atoms with Gasteiger partial charge in [0.05, 0.1) is 13.7 Å². The van der Waals surface area contributed by atoms with E-state index in [1.165, 1.54) is 5.56 Å². The average Bonchev–Trinajstić information content (AvgIpc) is 2.48. The van der Waals surface area contributed by atoms with E-state index in [0.29, 0.717) is 0 Å². The highest BCUT2D eigenvalue weighted by atomic mass is 16.5. The topological polar surface area (TPSA) is 45.6 Å². The standard InChI is InChI=1S/C16H20N2O2/c1-12-8-16(14(11-19)9-17-12)18(2)10-13-4-6-15(20-3)7-5-13/h4-9,19H,10-11H2,1-3H3. The summed E-state index contributed by atoms with van der Waals surface area (Å²) in [5.41, 5.74) is 3.98. The van der Waals surface area contributed by atoms with Crippen LogP contribution < -0.4 is 9.64 Å². The number of rotatable bonds is 5. The smallest absolute Gasteiger partial charge is 0.118 e. The molecule has 0 saturated carbocycles. The minimum Gasteiger partial charge on any atom is -0.497 e. The highest BCUT2D eigenvalue weighted by molar-refractivity contribution is 5.53. The number of aryl methyl sites for hydroxylation is 1. The Hall–Kier alpha value is -2.07. The van der Waals surface area contributed by atoms with E-state index in [-0.39, 0.29) is 6.61 Å². The van der Waals surface area contributed by atoms with Crippen LogP contribution in [0.3, 0.4) is 0 Å². The van der Waals surface area contributed by atoms with Gasteiger partial charge in [-0.1, -0.05) is 12.1 Å². The number of nitrogens with zero attached hydrogens (tertiary/aromatic N) is 2. The molecule has 4 nitrogen and oxygen atoms in total. The quantitative estimate of drug-likeness (QED) is 0.908. The van der Waals surface area contributed by atoms with Gasteiger partial charge in [-0.15, -0.1) is 0 Å². The molecule has 2 rings (SSSR count). The molecular weight excluding hydrogens is 252 g/mol. The molecule has 0 aliphatic rings. The number of benzene rings is 1. The molecule has 0 amide bonds. The van der Waals surface area contributed by atoms with Crippen molar-refractivity contribution in [2.75, 3.05) is 19.1 Å². The molecule has 20 heavy (non-hydrogen) atoms.